The van der Waals surface area contributed by atoms with Crippen LogP contribution < -0.4 is 29.2 Å². The summed E-state index contributed by atoms with van der Waals surface area (Å²) >= 11 is 3.32. The van der Waals surface area contributed by atoms with Gasteiger partial charge < -0.3 is 18.9 Å². The third-order valence-electron chi connectivity index (χ3n) is 5.43. The van der Waals surface area contributed by atoms with E-state index in [1.165, 1.54) is 6.08 Å². The maximum absolute atomic E-state index is 13.1. The summed E-state index contributed by atoms with van der Waals surface area (Å²) in [5.74, 6) is 0.638. The first-order valence-corrected chi connectivity index (χ1v) is 12.5. The Morgan fingerprint density at radius 1 is 0.842 bits per heavy atom. The van der Waals surface area contributed by atoms with Crippen LogP contribution >= 0.6 is 15.9 Å². The highest BCUT2D eigenvalue weighted by atomic mass is 79.9. The Morgan fingerprint density at radius 3 is 2.16 bits per heavy atom. The van der Waals surface area contributed by atoms with Crippen LogP contribution in [0.3, 0.4) is 0 Å². The number of halogens is 1. The van der Waals surface area contributed by atoms with Gasteiger partial charge in [0.05, 0.1) is 19.4 Å². The van der Waals surface area contributed by atoms with Crippen LogP contribution in [-0.2, 0) is 9.59 Å². The number of rotatable bonds is 10. The van der Waals surface area contributed by atoms with Gasteiger partial charge in [0.15, 0.2) is 23.0 Å². The van der Waals surface area contributed by atoms with Crippen molar-refractivity contribution in [2.45, 2.75) is 6.92 Å². The van der Waals surface area contributed by atoms with E-state index in [1.54, 1.807) is 55.6 Å². The molecule has 1 aliphatic rings. The first-order chi connectivity index (χ1) is 18.4. The van der Waals surface area contributed by atoms with Gasteiger partial charge in [-0.1, -0.05) is 34.1 Å². The van der Waals surface area contributed by atoms with Crippen LogP contribution in [0.4, 0.5) is 10.5 Å². The Kier molecular flexibility index (Phi) is 8.65. The number of para-hydroxylation sites is 2. The van der Waals surface area contributed by atoms with Crippen LogP contribution in [0.1, 0.15) is 12.5 Å². The average molecular weight is 581 g/mol. The number of methoxy groups -OCH3 is 1. The minimum absolute atomic E-state index is 0.186. The number of hydrogen-bond donors (Lipinski definition) is 1. The highest BCUT2D eigenvalue weighted by Gasteiger charge is 2.36. The molecule has 0 bridgehead atoms. The van der Waals surface area contributed by atoms with E-state index in [0.717, 1.165) is 9.37 Å². The molecule has 1 aliphatic heterocycles. The molecule has 0 radical (unpaired) electrons. The van der Waals surface area contributed by atoms with Crippen molar-refractivity contribution >= 4 is 45.5 Å². The summed E-state index contributed by atoms with van der Waals surface area (Å²) in [5.41, 5.74) is 0.673. The molecule has 3 aromatic rings. The van der Waals surface area contributed by atoms with Gasteiger partial charge >= 0.3 is 6.03 Å². The molecule has 0 saturated carbocycles. The number of urea groups is 1. The number of ether oxygens (including phenoxy) is 4. The van der Waals surface area contributed by atoms with Crippen molar-refractivity contribution in [2.24, 2.45) is 0 Å². The molecule has 10 heteroatoms. The molecule has 1 saturated heterocycles. The van der Waals surface area contributed by atoms with Crippen molar-refractivity contribution < 1.29 is 33.3 Å². The smallest absolute Gasteiger partial charge is 0.335 e. The minimum Gasteiger partial charge on any atom is -0.493 e. The molecule has 0 atom stereocenters. The van der Waals surface area contributed by atoms with Crippen molar-refractivity contribution in [3.05, 3.63) is 82.3 Å². The Labute approximate surface area is 228 Å². The summed E-state index contributed by atoms with van der Waals surface area (Å²) in [4.78, 5) is 39.0. The number of benzene rings is 3. The molecule has 1 heterocycles. The number of carbonyl (C=O) groups excluding carboxylic acids is 3. The van der Waals surface area contributed by atoms with Gasteiger partial charge in [-0.3, -0.25) is 14.9 Å². The Balaban J connectivity index is 1.50. The lowest BCUT2D eigenvalue weighted by Gasteiger charge is -2.26. The fourth-order valence-electron chi connectivity index (χ4n) is 3.69. The maximum Gasteiger partial charge on any atom is 0.335 e. The van der Waals surface area contributed by atoms with Crippen LogP contribution in [0.2, 0.25) is 0 Å². The highest BCUT2D eigenvalue weighted by Crippen LogP contribution is 2.31. The summed E-state index contributed by atoms with van der Waals surface area (Å²) in [6, 6.07) is 18.1. The predicted octanol–water partition coefficient (Wildman–Crippen LogP) is 4.98. The van der Waals surface area contributed by atoms with Crippen molar-refractivity contribution in [1.82, 2.24) is 5.32 Å². The van der Waals surface area contributed by atoms with Gasteiger partial charge in [-0.05, 0) is 67.1 Å². The topological polar surface area (TPSA) is 103 Å². The Morgan fingerprint density at radius 2 is 1.50 bits per heavy atom. The van der Waals surface area contributed by atoms with E-state index in [-0.39, 0.29) is 18.8 Å². The van der Waals surface area contributed by atoms with E-state index in [1.807, 2.05) is 25.1 Å². The second-order valence-electron chi connectivity index (χ2n) is 7.92. The quantitative estimate of drug-likeness (QED) is 0.205. The molecule has 0 spiro atoms. The molecule has 0 aromatic heterocycles. The van der Waals surface area contributed by atoms with Crippen molar-refractivity contribution in [3.8, 4) is 23.0 Å². The van der Waals surface area contributed by atoms with Crippen molar-refractivity contribution in [1.29, 1.82) is 0 Å². The minimum atomic E-state index is -0.812. The summed E-state index contributed by atoms with van der Waals surface area (Å²) in [7, 11) is 1.57. The van der Waals surface area contributed by atoms with Gasteiger partial charge in [-0.25, -0.2) is 9.69 Å². The number of nitrogens with one attached hydrogen (secondary N) is 1. The zero-order chi connectivity index (χ0) is 27.1. The molecule has 38 heavy (non-hydrogen) atoms. The monoisotopic (exact) mass is 580 g/mol. The molecule has 1 N–H and O–H groups in total. The fraction of sp³-hybridized carbons (Fsp3) is 0.179. The van der Waals surface area contributed by atoms with Crippen LogP contribution in [0.5, 0.6) is 23.0 Å². The Hall–Kier alpha value is -4.31. The lowest BCUT2D eigenvalue weighted by molar-refractivity contribution is -0.122. The van der Waals surface area contributed by atoms with Crippen LogP contribution in [-0.4, -0.2) is 44.8 Å². The maximum atomic E-state index is 13.1. The summed E-state index contributed by atoms with van der Waals surface area (Å²) in [5, 5.41) is 2.22. The van der Waals surface area contributed by atoms with E-state index in [0.29, 0.717) is 40.9 Å². The van der Waals surface area contributed by atoms with E-state index in [4.69, 9.17) is 18.9 Å². The van der Waals surface area contributed by atoms with Gasteiger partial charge in [0.25, 0.3) is 11.8 Å². The first kappa shape index (κ1) is 26.7. The molecule has 4 amide bonds. The molecule has 3 aromatic carbocycles. The third kappa shape index (κ3) is 6.15. The van der Waals surface area contributed by atoms with Gasteiger partial charge in [0.1, 0.15) is 18.8 Å². The van der Waals surface area contributed by atoms with Crippen LogP contribution in [0.15, 0.2) is 76.8 Å². The number of anilines is 1. The normalized spacial score (nSPS) is 14.3. The van der Waals surface area contributed by atoms with Gasteiger partial charge in [0.2, 0.25) is 0 Å². The van der Waals surface area contributed by atoms with Gasteiger partial charge in [-0.2, -0.15) is 0 Å². The fourth-order valence-corrected chi connectivity index (χ4v) is 3.96. The second-order valence-corrected chi connectivity index (χ2v) is 8.84. The number of imide groups is 2. The number of amides is 4. The van der Waals surface area contributed by atoms with Crippen LogP contribution in [0, 0.1) is 0 Å². The lowest BCUT2D eigenvalue weighted by atomic mass is 10.1. The van der Waals surface area contributed by atoms with E-state index in [2.05, 4.69) is 21.2 Å². The molecular weight excluding hydrogens is 556 g/mol. The molecule has 1 fully saturated rings. The second kappa shape index (κ2) is 12.3. The SMILES string of the molecule is CCOc1cc(C=C2C(=O)NC(=O)N(c3ccc(Br)cc3)C2=O)ccc1OCCOc1ccccc1OC. The summed E-state index contributed by atoms with van der Waals surface area (Å²) < 4.78 is 23.4. The van der Waals surface area contributed by atoms with Gasteiger partial charge in [-0.15, -0.1) is 0 Å². The zero-order valence-corrected chi connectivity index (χ0v) is 22.3. The molecule has 0 aliphatic carbocycles. The first-order valence-electron chi connectivity index (χ1n) is 11.7. The average Bonchev–Trinajstić information content (AvgIpc) is 2.91. The number of hydrogen-bond acceptors (Lipinski definition) is 7. The van der Waals surface area contributed by atoms with E-state index in [9.17, 15) is 14.4 Å². The number of barbiturate groups is 1. The van der Waals surface area contributed by atoms with E-state index >= 15 is 0 Å². The molecule has 0 unspecified atom stereocenters. The zero-order valence-electron chi connectivity index (χ0n) is 20.7. The molecular formula is C28H25BrN2O7. The van der Waals surface area contributed by atoms with Crippen LogP contribution in [0.25, 0.3) is 6.08 Å². The lowest BCUT2D eigenvalue weighted by Crippen LogP contribution is -2.54. The van der Waals surface area contributed by atoms with E-state index < -0.39 is 17.8 Å². The van der Waals surface area contributed by atoms with Crippen molar-refractivity contribution in [2.75, 3.05) is 31.8 Å². The number of carbonyl (C=O) groups is 3. The van der Waals surface area contributed by atoms with Gasteiger partial charge in [0, 0.05) is 4.47 Å². The standard InChI is InChI=1S/C28H25BrN2O7/c1-3-36-25-17-18(8-13-24(25)38-15-14-37-23-7-5-4-6-22(23)35-2)16-21-26(32)30-28(34)31(27(21)33)20-11-9-19(29)10-12-20/h4-13,16-17H,3,14-15H2,1-2H3,(H,30,32,34). The molecule has 9 nitrogen and oxygen atoms in total. The van der Waals surface area contributed by atoms with Crippen molar-refractivity contribution in [3.63, 3.8) is 0 Å². The molecule has 4 rings (SSSR count). The largest absolute Gasteiger partial charge is 0.493 e. The molecule has 196 valence electrons. The Bertz CT molecular complexity index is 1370. The third-order valence-corrected chi connectivity index (χ3v) is 5.96. The number of nitrogens with zero attached hydrogens (tertiary/aromatic N) is 1. The highest BCUT2D eigenvalue weighted by molar-refractivity contribution is 9.10. The predicted molar refractivity (Wildman–Crippen MR) is 145 cm³/mol. The summed E-state index contributed by atoms with van der Waals surface area (Å²) in [6.45, 7) is 2.72. The summed E-state index contributed by atoms with van der Waals surface area (Å²) in [6.07, 6.45) is 1.41.